The minimum absolute atomic E-state index is 0.226. The van der Waals surface area contributed by atoms with Crippen molar-refractivity contribution < 1.29 is 13.2 Å². The van der Waals surface area contributed by atoms with E-state index in [0.29, 0.717) is 12.1 Å². The summed E-state index contributed by atoms with van der Waals surface area (Å²) in [5, 5.41) is 3.01. The van der Waals surface area contributed by atoms with E-state index in [0.717, 1.165) is 28.5 Å². The molecule has 6 heteroatoms. The Morgan fingerprint density at radius 3 is 2.17 bits per heavy atom. The second kappa shape index (κ2) is 8.99. The van der Waals surface area contributed by atoms with Crippen LogP contribution in [0.15, 0.2) is 36.4 Å². The molecule has 0 saturated carbocycles. The van der Waals surface area contributed by atoms with Gasteiger partial charge in [-0.3, -0.25) is 9.10 Å². The van der Waals surface area contributed by atoms with Gasteiger partial charge in [0.1, 0.15) is 6.04 Å². The summed E-state index contributed by atoms with van der Waals surface area (Å²) >= 11 is 0. The summed E-state index contributed by atoms with van der Waals surface area (Å²) in [5.74, 6) is -0.301. The van der Waals surface area contributed by atoms with Gasteiger partial charge >= 0.3 is 0 Å². The normalized spacial score (nSPS) is 13.6. The molecule has 0 heterocycles. The van der Waals surface area contributed by atoms with Gasteiger partial charge in [0.2, 0.25) is 15.9 Å². The lowest BCUT2D eigenvalue weighted by atomic mass is 10.0. The molecule has 1 amide bonds. The van der Waals surface area contributed by atoms with Crippen LogP contribution in [0.5, 0.6) is 0 Å². The largest absolute Gasteiger partial charge is 0.348 e. The van der Waals surface area contributed by atoms with Crippen LogP contribution in [0.1, 0.15) is 54.1 Å². The average Bonchev–Trinajstić information content (AvgIpc) is 2.62. The van der Waals surface area contributed by atoms with Crippen molar-refractivity contribution in [3.05, 3.63) is 64.2 Å². The number of hydrogen-bond donors (Lipinski definition) is 1. The molecular weight excluding hydrogens is 384 g/mol. The molecule has 2 aromatic carbocycles. The fourth-order valence-corrected chi connectivity index (χ4v) is 4.68. The Labute approximate surface area is 175 Å². The second-order valence-electron chi connectivity index (χ2n) is 7.85. The highest BCUT2D eigenvalue weighted by Crippen LogP contribution is 2.28. The van der Waals surface area contributed by atoms with E-state index in [1.54, 1.807) is 0 Å². The van der Waals surface area contributed by atoms with Gasteiger partial charge in [0.15, 0.2) is 0 Å². The number of hydrogen-bond acceptors (Lipinski definition) is 3. The molecule has 158 valence electrons. The van der Waals surface area contributed by atoms with Crippen molar-refractivity contribution in [2.75, 3.05) is 10.6 Å². The highest BCUT2D eigenvalue weighted by Gasteiger charge is 2.33. The Morgan fingerprint density at radius 2 is 1.62 bits per heavy atom. The molecule has 0 aliphatic rings. The third kappa shape index (κ3) is 5.38. The molecule has 0 aliphatic carbocycles. The smallest absolute Gasteiger partial charge is 0.244 e. The highest BCUT2D eigenvalue weighted by molar-refractivity contribution is 7.92. The predicted molar refractivity (Wildman–Crippen MR) is 120 cm³/mol. The van der Waals surface area contributed by atoms with E-state index in [4.69, 9.17) is 0 Å². The number of nitrogens with one attached hydrogen (secondary N) is 1. The van der Waals surface area contributed by atoms with Crippen LogP contribution in [0, 0.1) is 27.7 Å². The van der Waals surface area contributed by atoms with Gasteiger partial charge < -0.3 is 5.32 Å². The van der Waals surface area contributed by atoms with Crippen molar-refractivity contribution >= 4 is 21.6 Å². The van der Waals surface area contributed by atoms with E-state index in [1.807, 2.05) is 71.9 Å². The molecule has 5 nitrogen and oxygen atoms in total. The van der Waals surface area contributed by atoms with Crippen molar-refractivity contribution in [3.8, 4) is 0 Å². The third-order valence-corrected chi connectivity index (χ3v) is 6.49. The Morgan fingerprint density at radius 1 is 1.00 bits per heavy atom. The van der Waals surface area contributed by atoms with Crippen LogP contribution < -0.4 is 9.62 Å². The minimum Gasteiger partial charge on any atom is -0.348 e. The first kappa shape index (κ1) is 22.9. The maximum atomic E-state index is 13.2. The number of sulfonamides is 1. The Kier molecular flexibility index (Phi) is 7.11. The molecule has 0 unspecified atom stereocenters. The van der Waals surface area contributed by atoms with Crippen LogP contribution in [-0.4, -0.2) is 26.6 Å². The van der Waals surface area contributed by atoms with Crippen LogP contribution in [-0.2, 0) is 14.8 Å². The number of carbonyl (C=O) groups is 1. The van der Waals surface area contributed by atoms with Crippen molar-refractivity contribution in [3.63, 3.8) is 0 Å². The van der Waals surface area contributed by atoms with Gasteiger partial charge in [-0.2, -0.15) is 0 Å². The molecule has 0 spiro atoms. The molecule has 0 bridgehead atoms. The fraction of sp³-hybridized carbons (Fsp3) is 0.435. The molecule has 2 aromatic rings. The van der Waals surface area contributed by atoms with Crippen LogP contribution in [0.3, 0.4) is 0 Å². The van der Waals surface area contributed by atoms with Gasteiger partial charge in [0, 0.05) is 0 Å². The first-order valence-electron chi connectivity index (χ1n) is 9.89. The summed E-state index contributed by atoms with van der Waals surface area (Å²) in [6.45, 7) is 11.6. The molecule has 0 fully saturated rings. The SMILES string of the molecule is CC[C@H](C(=O)N[C@H](C)c1ccc(C)c(C)c1)N(c1cc(C)ccc1C)S(C)(=O)=O. The molecule has 2 atom stereocenters. The molecular formula is C23H32N2O3S. The average molecular weight is 417 g/mol. The van der Waals surface area contributed by atoms with Gasteiger partial charge in [-0.15, -0.1) is 0 Å². The Balaban J connectivity index is 2.38. The number of carbonyl (C=O) groups excluding carboxylic acids is 1. The number of aryl methyl sites for hydroxylation is 4. The van der Waals surface area contributed by atoms with Crippen molar-refractivity contribution in [2.45, 2.75) is 60.0 Å². The summed E-state index contributed by atoms with van der Waals surface area (Å²) in [6, 6.07) is 10.7. The molecule has 29 heavy (non-hydrogen) atoms. The van der Waals surface area contributed by atoms with E-state index in [1.165, 1.54) is 9.87 Å². The number of benzene rings is 2. The number of nitrogens with zero attached hydrogens (tertiary/aromatic N) is 1. The van der Waals surface area contributed by atoms with Gasteiger partial charge in [-0.25, -0.2) is 8.42 Å². The molecule has 0 aromatic heterocycles. The summed E-state index contributed by atoms with van der Waals surface area (Å²) in [5.41, 5.74) is 5.65. The van der Waals surface area contributed by atoms with Gasteiger partial charge in [0.25, 0.3) is 0 Å². The third-order valence-electron chi connectivity index (χ3n) is 5.32. The van der Waals surface area contributed by atoms with Gasteiger partial charge in [0.05, 0.1) is 18.0 Å². The highest BCUT2D eigenvalue weighted by atomic mass is 32.2. The van der Waals surface area contributed by atoms with Crippen LogP contribution in [0.4, 0.5) is 5.69 Å². The van der Waals surface area contributed by atoms with Gasteiger partial charge in [-0.1, -0.05) is 37.3 Å². The zero-order chi connectivity index (χ0) is 21.9. The van der Waals surface area contributed by atoms with E-state index in [9.17, 15) is 13.2 Å². The molecule has 1 N–H and O–H groups in total. The van der Waals surface area contributed by atoms with Crippen LogP contribution in [0.2, 0.25) is 0 Å². The van der Waals surface area contributed by atoms with Crippen molar-refractivity contribution in [2.24, 2.45) is 0 Å². The standard InChI is InChI=1S/C23H32N2O3S/c1-8-21(23(26)24-19(6)20-12-11-16(3)18(5)14-20)25(29(7,27)28)22-13-15(2)9-10-17(22)4/h9-14,19,21H,8H2,1-7H3,(H,24,26)/t19-,21-/m1/s1. The first-order chi connectivity index (χ1) is 13.5. The second-order valence-corrected chi connectivity index (χ2v) is 9.71. The quantitative estimate of drug-likeness (QED) is 0.730. The monoisotopic (exact) mass is 416 g/mol. The number of rotatable bonds is 7. The van der Waals surface area contributed by atoms with E-state index >= 15 is 0 Å². The predicted octanol–water partition coefficient (Wildman–Crippen LogP) is 4.34. The van der Waals surface area contributed by atoms with E-state index < -0.39 is 16.1 Å². The zero-order valence-corrected chi connectivity index (χ0v) is 19.2. The summed E-state index contributed by atoms with van der Waals surface area (Å²) in [4.78, 5) is 13.2. The van der Waals surface area contributed by atoms with Crippen LogP contribution >= 0.6 is 0 Å². The lowest BCUT2D eigenvalue weighted by molar-refractivity contribution is -0.122. The molecule has 0 aliphatic heterocycles. The fourth-order valence-electron chi connectivity index (χ4n) is 3.42. The molecule has 0 radical (unpaired) electrons. The summed E-state index contributed by atoms with van der Waals surface area (Å²) < 4.78 is 26.6. The van der Waals surface area contributed by atoms with Crippen molar-refractivity contribution in [1.29, 1.82) is 0 Å². The van der Waals surface area contributed by atoms with E-state index in [2.05, 4.69) is 11.4 Å². The van der Waals surface area contributed by atoms with Gasteiger partial charge in [-0.05, 0) is 74.9 Å². The first-order valence-corrected chi connectivity index (χ1v) is 11.7. The van der Waals surface area contributed by atoms with Crippen molar-refractivity contribution in [1.82, 2.24) is 5.32 Å². The topological polar surface area (TPSA) is 66.5 Å². The molecule has 0 saturated heterocycles. The Bertz CT molecular complexity index is 999. The summed E-state index contributed by atoms with van der Waals surface area (Å²) in [7, 11) is -3.65. The maximum Gasteiger partial charge on any atom is 0.244 e. The molecule has 2 rings (SSSR count). The lowest BCUT2D eigenvalue weighted by Crippen LogP contribution is -2.50. The Hall–Kier alpha value is -2.34. The zero-order valence-electron chi connectivity index (χ0n) is 18.4. The number of amides is 1. The lowest BCUT2D eigenvalue weighted by Gasteiger charge is -2.32. The summed E-state index contributed by atoms with van der Waals surface area (Å²) in [6.07, 6.45) is 1.52. The minimum atomic E-state index is -3.65. The maximum absolute atomic E-state index is 13.2. The van der Waals surface area contributed by atoms with E-state index in [-0.39, 0.29) is 11.9 Å². The van der Waals surface area contributed by atoms with Crippen LogP contribution in [0.25, 0.3) is 0 Å². The number of anilines is 1.